The van der Waals surface area contributed by atoms with Gasteiger partial charge in [0, 0.05) is 18.0 Å². The minimum atomic E-state index is -4.07. The van der Waals surface area contributed by atoms with Crippen molar-refractivity contribution in [3.05, 3.63) is 21.9 Å². The van der Waals surface area contributed by atoms with Crippen LogP contribution in [-0.4, -0.2) is 37.3 Å². The summed E-state index contributed by atoms with van der Waals surface area (Å²) in [5.41, 5.74) is 1.28. The van der Waals surface area contributed by atoms with Crippen LogP contribution >= 0.6 is 11.3 Å². The van der Waals surface area contributed by atoms with E-state index >= 15 is 0 Å². The highest BCUT2D eigenvalue weighted by atomic mass is 32.1. The van der Waals surface area contributed by atoms with Gasteiger partial charge in [-0.05, 0) is 49.4 Å². The van der Waals surface area contributed by atoms with E-state index in [0.717, 1.165) is 19.5 Å². The van der Waals surface area contributed by atoms with Crippen LogP contribution in [0.3, 0.4) is 0 Å². The molecule has 1 aromatic rings. The molecule has 0 aliphatic carbocycles. The van der Waals surface area contributed by atoms with Gasteiger partial charge in [-0.3, -0.25) is 4.90 Å². The SMILES string of the molecule is Cc1ccsc1CNC[C@@H]1CCN(CC(F)(F)F)C1. The van der Waals surface area contributed by atoms with Crippen molar-refractivity contribution in [2.24, 2.45) is 5.92 Å². The lowest BCUT2D eigenvalue weighted by molar-refractivity contribution is -0.143. The number of halogens is 3. The zero-order valence-electron chi connectivity index (χ0n) is 11.0. The Balaban J connectivity index is 1.67. The number of nitrogens with zero attached hydrogens (tertiary/aromatic N) is 1. The second-order valence-electron chi connectivity index (χ2n) is 5.16. The Morgan fingerprint density at radius 2 is 2.26 bits per heavy atom. The molecule has 0 bridgehead atoms. The Hall–Kier alpha value is -0.590. The van der Waals surface area contributed by atoms with Crippen LogP contribution in [0, 0.1) is 12.8 Å². The summed E-state index contributed by atoms with van der Waals surface area (Å²) in [7, 11) is 0. The summed E-state index contributed by atoms with van der Waals surface area (Å²) in [4.78, 5) is 2.81. The molecule has 1 fully saturated rings. The highest BCUT2D eigenvalue weighted by molar-refractivity contribution is 7.10. The van der Waals surface area contributed by atoms with E-state index in [1.54, 1.807) is 11.3 Å². The van der Waals surface area contributed by atoms with E-state index in [9.17, 15) is 13.2 Å². The van der Waals surface area contributed by atoms with Crippen LogP contribution in [0.5, 0.6) is 0 Å². The van der Waals surface area contributed by atoms with Crippen molar-refractivity contribution in [2.45, 2.75) is 26.1 Å². The van der Waals surface area contributed by atoms with Gasteiger partial charge in [0.05, 0.1) is 6.54 Å². The molecule has 0 radical (unpaired) electrons. The van der Waals surface area contributed by atoms with Gasteiger partial charge in [0.2, 0.25) is 0 Å². The monoisotopic (exact) mass is 292 g/mol. The molecule has 0 amide bonds. The highest BCUT2D eigenvalue weighted by Gasteiger charge is 2.34. The average Bonchev–Trinajstić information content (AvgIpc) is 2.87. The topological polar surface area (TPSA) is 15.3 Å². The van der Waals surface area contributed by atoms with E-state index in [2.05, 4.69) is 23.7 Å². The van der Waals surface area contributed by atoms with Crippen LogP contribution < -0.4 is 5.32 Å². The predicted octanol–water partition coefficient (Wildman–Crippen LogP) is 3.03. The fourth-order valence-electron chi connectivity index (χ4n) is 2.45. The molecule has 0 aromatic carbocycles. The van der Waals surface area contributed by atoms with Crippen LogP contribution in [0.2, 0.25) is 0 Å². The molecular formula is C13H19F3N2S. The summed E-state index contributed by atoms with van der Waals surface area (Å²) < 4.78 is 36.8. The van der Waals surface area contributed by atoms with Crippen molar-refractivity contribution in [3.63, 3.8) is 0 Å². The van der Waals surface area contributed by atoms with E-state index in [1.807, 2.05) is 0 Å². The Labute approximate surface area is 115 Å². The minimum absolute atomic E-state index is 0.336. The van der Waals surface area contributed by atoms with Gasteiger partial charge >= 0.3 is 6.18 Å². The molecule has 0 saturated carbocycles. The third-order valence-corrected chi connectivity index (χ3v) is 4.48. The van der Waals surface area contributed by atoms with Gasteiger partial charge in [-0.15, -0.1) is 11.3 Å². The molecule has 1 aromatic heterocycles. The predicted molar refractivity (Wildman–Crippen MR) is 71.4 cm³/mol. The van der Waals surface area contributed by atoms with E-state index in [0.29, 0.717) is 19.0 Å². The molecule has 19 heavy (non-hydrogen) atoms. The molecule has 6 heteroatoms. The van der Waals surface area contributed by atoms with Crippen LogP contribution in [0.4, 0.5) is 13.2 Å². The van der Waals surface area contributed by atoms with Gasteiger partial charge in [0.25, 0.3) is 0 Å². The molecule has 1 aliphatic rings. The molecule has 2 heterocycles. The third-order valence-electron chi connectivity index (χ3n) is 3.46. The van der Waals surface area contributed by atoms with Crippen molar-refractivity contribution < 1.29 is 13.2 Å². The van der Waals surface area contributed by atoms with Crippen molar-refractivity contribution >= 4 is 11.3 Å². The number of nitrogens with one attached hydrogen (secondary N) is 1. The number of hydrogen-bond acceptors (Lipinski definition) is 3. The Morgan fingerprint density at radius 1 is 1.47 bits per heavy atom. The molecule has 0 spiro atoms. The standard InChI is InChI=1S/C13H19F3N2S/c1-10-3-5-19-12(10)7-17-6-11-2-4-18(8-11)9-13(14,15)16/h3,5,11,17H,2,4,6-9H2,1H3/t11-/m0/s1. The zero-order chi connectivity index (χ0) is 13.9. The van der Waals surface area contributed by atoms with Crippen LogP contribution in [0.15, 0.2) is 11.4 Å². The summed E-state index contributed by atoms with van der Waals surface area (Å²) in [6, 6.07) is 2.09. The van der Waals surface area contributed by atoms with Gasteiger partial charge in [-0.1, -0.05) is 0 Å². The lowest BCUT2D eigenvalue weighted by Crippen LogP contribution is -2.33. The summed E-state index contributed by atoms with van der Waals surface area (Å²) in [6.45, 7) is 4.03. The number of thiophene rings is 1. The van der Waals surface area contributed by atoms with Crippen LogP contribution in [0.25, 0.3) is 0 Å². The van der Waals surface area contributed by atoms with E-state index in [1.165, 1.54) is 15.3 Å². The quantitative estimate of drug-likeness (QED) is 0.897. The summed E-state index contributed by atoms with van der Waals surface area (Å²) in [5, 5.41) is 5.42. The summed E-state index contributed by atoms with van der Waals surface area (Å²) in [5.74, 6) is 0.336. The Morgan fingerprint density at radius 3 is 2.89 bits per heavy atom. The molecule has 1 aliphatic heterocycles. The molecule has 1 saturated heterocycles. The van der Waals surface area contributed by atoms with E-state index in [4.69, 9.17) is 0 Å². The first-order valence-electron chi connectivity index (χ1n) is 6.47. The summed E-state index contributed by atoms with van der Waals surface area (Å²) >= 11 is 1.72. The van der Waals surface area contributed by atoms with Gasteiger partial charge in [0.15, 0.2) is 0 Å². The highest BCUT2D eigenvalue weighted by Crippen LogP contribution is 2.22. The fraction of sp³-hybridized carbons (Fsp3) is 0.692. The number of aryl methyl sites for hydroxylation is 1. The summed E-state index contributed by atoms with van der Waals surface area (Å²) in [6.07, 6.45) is -3.22. The molecular weight excluding hydrogens is 273 g/mol. The first-order valence-corrected chi connectivity index (χ1v) is 7.35. The maximum Gasteiger partial charge on any atom is 0.401 e. The maximum absolute atomic E-state index is 12.3. The number of likely N-dealkylation sites (tertiary alicyclic amines) is 1. The lowest BCUT2D eigenvalue weighted by atomic mass is 10.1. The fourth-order valence-corrected chi connectivity index (χ4v) is 3.33. The molecule has 0 unspecified atom stereocenters. The van der Waals surface area contributed by atoms with Crippen molar-refractivity contribution in [2.75, 3.05) is 26.2 Å². The first kappa shape index (κ1) is 14.8. The van der Waals surface area contributed by atoms with Gasteiger partial charge in [-0.25, -0.2) is 0 Å². The number of hydrogen-bond donors (Lipinski definition) is 1. The van der Waals surface area contributed by atoms with Crippen LogP contribution in [0.1, 0.15) is 16.9 Å². The van der Waals surface area contributed by atoms with Gasteiger partial charge < -0.3 is 5.32 Å². The molecule has 1 atom stereocenters. The maximum atomic E-state index is 12.3. The minimum Gasteiger partial charge on any atom is -0.312 e. The third kappa shape index (κ3) is 4.78. The second-order valence-corrected chi connectivity index (χ2v) is 6.16. The van der Waals surface area contributed by atoms with Crippen LogP contribution in [-0.2, 0) is 6.54 Å². The van der Waals surface area contributed by atoms with Gasteiger partial charge in [0.1, 0.15) is 0 Å². The number of alkyl halides is 3. The van der Waals surface area contributed by atoms with E-state index < -0.39 is 12.7 Å². The zero-order valence-corrected chi connectivity index (χ0v) is 11.8. The molecule has 2 nitrogen and oxygen atoms in total. The molecule has 108 valence electrons. The average molecular weight is 292 g/mol. The van der Waals surface area contributed by atoms with Gasteiger partial charge in [-0.2, -0.15) is 13.2 Å². The smallest absolute Gasteiger partial charge is 0.312 e. The lowest BCUT2D eigenvalue weighted by Gasteiger charge is -2.18. The first-order chi connectivity index (χ1) is 8.94. The Kier molecular flexibility index (Phi) is 4.86. The molecule has 1 N–H and O–H groups in total. The Bertz CT molecular complexity index is 403. The largest absolute Gasteiger partial charge is 0.401 e. The normalized spacial score (nSPS) is 21.2. The van der Waals surface area contributed by atoms with Crippen molar-refractivity contribution in [1.82, 2.24) is 10.2 Å². The second kappa shape index (κ2) is 6.24. The van der Waals surface area contributed by atoms with Crippen molar-refractivity contribution in [3.8, 4) is 0 Å². The molecule has 2 rings (SSSR count). The van der Waals surface area contributed by atoms with Crippen molar-refractivity contribution in [1.29, 1.82) is 0 Å². The van der Waals surface area contributed by atoms with E-state index in [-0.39, 0.29) is 0 Å². The number of rotatable bonds is 5.